The zero-order chi connectivity index (χ0) is 29.4. The molecule has 0 radical (unpaired) electrons. The molecule has 1 N–H and O–H groups in total. The molecule has 0 fully saturated rings. The Morgan fingerprint density at radius 3 is 2.20 bits per heavy atom. The molecular formula is C30H35ClFN3O4S. The Bertz CT molecular complexity index is 1420. The molecule has 0 bridgehead atoms. The van der Waals surface area contributed by atoms with Crippen molar-refractivity contribution in [2.45, 2.75) is 39.8 Å². The fraction of sp³-hybridized carbons (Fsp3) is 0.333. The Morgan fingerprint density at radius 2 is 1.60 bits per heavy atom. The lowest BCUT2D eigenvalue weighted by molar-refractivity contribution is -0.140. The summed E-state index contributed by atoms with van der Waals surface area (Å²) in [4.78, 5) is 29.0. The van der Waals surface area contributed by atoms with Crippen molar-refractivity contribution in [3.05, 3.63) is 100 Å². The van der Waals surface area contributed by atoms with E-state index in [0.717, 1.165) is 16.1 Å². The number of benzene rings is 3. The molecular weight excluding hydrogens is 553 g/mol. The fourth-order valence-electron chi connectivity index (χ4n) is 4.22. The number of sulfonamides is 1. The second-order valence-corrected chi connectivity index (χ2v) is 12.5. The van der Waals surface area contributed by atoms with Crippen molar-refractivity contribution in [3.8, 4) is 0 Å². The van der Waals surface area contributed by atoms with E-state index in [1.54, 1.807) is 25.1 Å². The number of nitrogens with zero attached hydrogens (tertiary/aromatic N) is 2. The van der Waals surface area contributed by atoms with E-state index in [4.69, 9.17) is 11.6 Å². The topological polar surface area (TPSA) is 86.8 Å². The summed E-state index contributed by atoms with van der Waals surface area (Å²) in [5.41, 5.74) is 2.20. The van der Waals surface area contributed by atoms with Crippen LogP contribution in [0.3, 0.4) is 0 Å². The van der Waals surface area contributed by atoms with Crippen LogP contribution in [0.25, 0.3) is 0 Å². The average Bonchev–Trinajstić information content (AvgIpc) is 2.90. The molecule has 0 unspecified atom stereocenters. The maximum atomic E-state index is 14.0. The fourth-order valence-corrected chi connectivity index (χ4v) is 5.29. The zero-order valence-corrected chi connectivity index (χ0v) is 24.7. The van der Waals surface area contributed by atoms with Crippen LogP contribution < -0.4 is 9.62 Å². The van der Waals surface area contributed by atoms with Gasteiger partial charge >= 0.3 is 0 Å². The molecule has 7 nitrogen and oxygen atoms in total. The van der Waals surface area contributed by atoms with Gasteiger partial charge in [0.25, 0.3) is 0 Å². The lowest BCUT2D eigenvalue weighted by Gasteiger charge is -2.34. The van der Waals surface area contributed by atoms with Crippen LogP contribution in [0.2, 0.25) is 5.02 Å². The Morgan fingerprint density at radius 1 is 0.950 bits per heavy atom. The quantitative estimate of drug-likeness (QED) is 0.324. The summed E-state index contributed by atoms with van der Waals surface area (Å²) in [5, 5.41) is 3.28. The van der Waals surface area contributed by atoms with Gasteiger partial charge in [0.15, 0.2) is 0 Å². The van der Waals surface area contributed by atoms with Crippen LogP contribution in [0.5, 0.6) is 0 Å². The van der Waals surface area contributed by atoms with Crippen LogP contribution in [0.4, 0.5) is 10.1 Å². The third-order valence-electron chi connectivity index (χ3n) is 6.41. The molecule has 0 spiro atoms. The van der Waals surface area contributed by atoms with E-state index in [9.17, 15) is 22.4 Å². The number of amides is 2. The first-order valence-electron chi connectivity index (χ1n) is 12.9. The molecule has 0 saturated carbocycles. The summed E-state index contributed by atoms with van der Waals surface area (Å²) < 4.78 is 40.5. The van der Waals surface area contributed by atoms with Gasteiger partial charge in [0.05, 0.1) is 11.9 Å². The van der Waals surface area contributed by atoms with Crippen LogP contribution in [0.1, 0.15) is 30.5 Å². The molecule has 3 aromatic carbocycles. The summed E-state index contributed by atoms with van der Waals surface area (Å²) in [6.45, 7) is 5.42. The highest BCUT2D eigenvalue weighted by Crippen LogP contribution is 2.28. The molecule has 3 rings (SSSR count). The van der Waals surface area contributed by atoms with Gasteiger partial charge in [-0.15, -0.1) is 0 Å². The van der Waals surface area contributed by atoms with E-state index in [2.05, 4.69) is 5.32 Å². The minimum atomic E-state index is -3.91. The molecule has 2 amide bonds. The predicted octanol–water partition coefficient (Wildman–Crippen LogP) is 4.97. The highest BCUT2D eigenvalue weighted by molar-refractivity contribution is 7.92. The number of anilines is 1. The molecule has 0 heterocycles. The monoisotopic (exact) mass is 587 g/mol. The molecule has 214 valence electrons. The molecule has 0 aromatic heterocycles. The molecule has 0 aliphatic carbocycles. The van der Waals surface area contributed by atoms with Crippen molar-refractivity contribution >= 4 is 39.1 Å². The van der Waals surface area contributed by atoms with E-state index in [-0.39, 0.29) is 30.5 Å². The lowest BCUT2D eigenvalue weighted by atomic mass is 10.0. The van der Waals surface area contributed by atoms with Crippen LogP contribution in [0, 0.1) is 18.7 Å². The molecule has 1 atom stereocenters. The van der Waals surface area contributed by atoms with Crippen molar-refractivity contribution in [2.24, 2.45) is 5.92 Å². The van der Waals surface area contributed by atoms with Crippen LogP contribution in [0.15, 0.2) is 72.8 Å². The lowest BCUT2D eigenvalue weighted by Crippen LogP contribution is -2.53. The minimum Gasteiger partial charge on any atom is -0.354 e. The second kappa shape index (κ2) is 13.8. The third kappa shape index (κ3) is 8.53. The highest BCUT2D eigenvalue weighted by Gasteiger charge is 2.33. The van der Waals surface area contributed by atoms with E-state index in [1.807, 2.05) is 44.2 Å². The van der Waals surface area contributed by atoms with Crippen molar-refractivity contribution in [3.63, 3.8) is 0 Å². The standard InChI is InChI=1S/C30H35ClFN3O4S/c1-21(2)18-33-30(37)28(17-23-9-6-5-7-10-23)34(19-24-13-15-25(32)16-14-24)29(36)20-35(40(4,38)39)27-12-8-11-26(31)22(27)3/h5-16,21,28H,17-20H2,1-4H3,(H,33,37)/t28-/m0/s1. The van der Waals surface area contributed by atoms with Crippen molar-refractivity contribution in [1.82, 2.24) is 10.2 Å². The van der Waals surface area contributed by atoms with Gasteiger partial charge in [0.1, 0.15) is 18.4 Å². The molecule has 3 aromatic rings. The van der Waals surface area contributed by atoms with Crippen molar-refractivity contribution < 1.29 is 22.4 Å². The molecule has 0 aliphatic heterocycles. The predicted molar refractivity (Wildman–Crippen MR) is 157 cm³/mol. The van der Waals surface area contributed by atoms with Crippen LogP contribution in [-0.2, 0) is 32.6 Å². The van der Waals surface area contributed by atoms with Crippen molar-refractivity contribution in [1.29, 1.82) is 0 Å². The summed E-state index contributed by atoms with van der Waals surface area (Å²) >= 11 is 6.27. The van der Waals surface area contributed by atoms with Gasteiger partial charge in [-0.1, -0.05) is 74.0 Å². The molecule has 10 heteroatoms. The van der Waals surface area contributed by atoms with E-state index in [1.165, 1.54) is 29.2 Å². The maximum absolute atomic E-state index is 14.0. The van der Waals surface area contributed by atoms with Gasteiger partial charge in [-0.25, -0.2) is 12.8 Å². The Hall–Kier alpha value is -3.43. The smallest absolute Gasteiger partial charge is 0.244 e. The minimum absolute atomic E-state index is 0.0299. The van der Waals surface area contributed by atoms with Gasteiger partial charge in [-0.2, -0.15) is 0 Å². The van der Waals surface area contributed by atoms with Gasteiger partial charge in [0.2, 0.25) is 21.8 Å². The first kappa shape index (κ1) is 31.1. The number of carbonyl (C=O) groups excluding carboxylic acids is 2. The number of hydrogen-bond acceptors (Lipinski definition) is 4. The SMILES string of the molecule is Cc1c(Cl)cccc1N(CC(=O)N(Cc1ccc(F)cc1)[C@@H](Cc1ccccc1)C(=O)NCC(C)C)S(C)(=O)=O. The summed E-state index contributed by atoms with van der Waals surface area (Å²) in [6.07, 6.45) is 1.22. The normalized spacial score (nSPS) is 12.2. The molecule has 0 aliphatic rings. The summed E-state index contributed by atoms with van der Waals surface area (Å²) in [7, 11) is -3.91. The average molecular weight is 588 g/mol. The highest BCUT2D eigenvalue weighted by atomic mass is 35.5. The number of carbonyl (C=O) groups is 2. The number of halogens is 2. The Kier molecular flexibility index (Phi) is 10.7. The number of nitrogens with one attached hydrogen (secondary N) is 1. The van der Waals surface area contributed by atoms with Crippen molar-refractivity contribution in [2.75, 3.05) is 23.7 Å². The zero-order valence-electron chi connectivity index (χ0n) is 23.1. The van der Waals surface area contributed by atoms with E-state index < -0.39 is 34.3 Å². The first-order valence-corrected chi connectivity index (χ1v) is 15.2. The Labute approximate surface area is 241 Å². The van der Waals surface area contributed by atoms with Gasteiger partial charge in [-0.3, -0.25) is 13.9 Å². The Balaban J connectivity index is 2.07. The van der Waals surface area contributed by atoms with E-state index >= 15 is 0 Å². The number of rotatable bonds is 12. The third-order valence-corrected chi connectivity index (χ3v) is 7.94. The number of hydrogen-bond donors (Lipinski definition) is 1. The van der Waals surface area contributed by atoms with Gasteiger partial charge in [0, 0.05) is 24.5 Å². The van der Waals surface area contributed by atoms with E-state index in [0.29, 0.717) is 22.7 Å². The summed E-state index contributed by atoms with van der Waals surface area (Å²) in [5.74, 6) is -1.21. The molecule has 0 saturated heterocycles. The second-order valence-electron chi connectivity index (χ2n) is 10.1. The van der Waals surface area contributed by atoms with Crippen LogP contribution >= 0.6 is 11.6 Å². The summed E-state index contributed by atoms with van der Waals surface area (Å²) in [6, 6.07) is 18.8. The first-order chi connectivity index (χ1) is 18.9. The van der Waals surface area contributed by atoms with Crippen LogP contribution in [-0.4, -0.2) is 50.5 Å². The largest absolute Gasteiger partial charge is 0.354 e. The van der Waals surface area contributed by atoms with Gasteiger partial charge in [-0.05, 0) is 53.8 Å². The molecule has 40 heavy (non-hydrogen) atoms. The maximum Gasteiger partial charge on any atom is 0.244 e. The van der Waals surface area contributed by atoms with Gasteiger partial charge < -0.3 is 10.2 Å².